The molecule has 1 aromatic carbocycles. The van der Waals surface area contributed by atoms with Gasteiger partial charge in [-0.2, -0.15) is 0 Å². The largest absolute Gasteiger partial charge is 0.351 e. The van der Waals surface area contributed by atoms with E-state index in [-0.39, 0.29) is 5.91 Å². The van der Waals surface area contributed by atoms with E-state index in [1.807, 2.05) is 24.3 Å². The molecular formula is C13H14N2O. The predicted molar refractivity (Wildman–Crippen MR) is 65.5 cm³/mol. The summed E-state index contributed by atoms with van der Waals surface area (Å²) in [5.41, 5.74) is 7.01. The minimum Gasteiger partial charge on any atom is -0.351 e. The third-order valence-electron chi connectivity index (χ3n) is 1.95. The lowest BCUT2D eigenvalue weighted by atomic mass is 10.1. The van der Waals surface area contributed by atoms with E-state index in [4.69, 9.17) is 12.2 Å². The standard InChI is InChI=1S/C13H14N2O/c1-2-11-3-5-12(6-4-11)7-8-13(16)15-10-9-14/h1,3-8H,9-10,14H2,(H,15,16). The van der Waals surface area contributed by atoms with Gasteiger partial charge in [0.05, 0.1) is 0 Å². The van der Waals surface area contributed by atoms with Crippen LogP contribution >= 0.6 is 0 Å². The summed E-state index contributed by atoms with van der Waals surface area (Å²) >= 11 is 0. The average Bonchev–Trinajstić information content (AvgIpc) is 2.34. The molecule has 0 saturated carbocycles. The minimum absolute atomic E-state index is 0.147. The molecule has 0 bridgehead atoms. The fourth-order valence-electron chi connectivity index (χ4n) is 1.12. The van der Waals surface area contributed by atoms with E-state index in [1.54, 1.807) is 6.08 Å². The molecule has 16 heavy (non-hydrogen) atoms. The van der Waals surface area contributed by atoms with E-state index in [9.17, 15) is 4.79 Å². The van der Waals surface area contributed by atoms with Crippen molar-refractivity contribution >= 4 is 12.0 Å². The lowest BCUT2D eigenvalue weighted by Gasteiger charge is -1.97. The summed E-state index contributed by atoms with van der Waals surface area (Å²) in [6.45, 7) is 0.926. The maximum absolute atomic E-state index is 11.2. The van der Waals surface area contributed by atoms with Gasteiger partial charge in [-0.05, 0) is 23.8 Å². The Labute approximate surface area is 95.3 Å². The van der Waals surface area contributed by atoms with Crippen LogP contribution in [-0.4, -0.2) is 19.0 Å². The van der Waals surface area contributed by atoms with Crippen molar-refractivity contribution in [2.45, 2.75) is 0 Å². The van der Waals surface area contributed by atoms with Crippen molar-refractivity contribution in [3.8, 4) is 12.3 Å². The summed E-state index contributed by atoms with van der Waals surface area (Å²) in [6, 6.07) is 7.39. The third-order valence-corrected chi connectivity index (χ3v) is 1.95. The van der Waals surface area contributed by atoms with Crippen LogP contribution in [0.1, 0.15) is 11.1 Å². The van der Waals surface area contributed by atoms with Crippen LogP contribution in [0.15, 0.2) is 30.3 Å². The molecular weight excluding hydrogens is 200 g/mol. The maximum atomic E-state index is 11.2. The van der Waals surface area contributed by atoms with E-state index in [0.29, 0.717) is 13.1 Å². The highest BCUT2D eigenvalue weighted by Gasteiger charge is 1.93. The quantitative estimate of drug-likeness (QED) is 0.574. The Bertz CT molecular complexity index is 413. The van der Waals surface area contributed by atoms with Gasteiger partial charge in [0.2, 0.25) is 5.91 Å². The van der Waals surface area contributed by atoms with Crippen molar-refractivity contribution in [3.63, 3.8) is 0 Å². The predicted octanol–water partition coefficient (Wildman–Crippen LogP) is 0.756. The van der Waals surface area contributed by atoms with Gasteiger partial charge in [0.25, 0.3) is 0 Å². The van der Waals surface area contributed by atoms with Crippen LogP contribution in [-0.2, 0) is 4.79 Å². The number of carbonyl (C=O) groups excluding carboxylic acids is 1. The van der Waals surface area contributed by atoms with Crippen LogP contribution in [0, 0.1) is 12.3 Å². The minimum atomic E-state index is -0.147. The second-order valence-corrected chi connectivity index (χ2v) is 3.18. The van der Waals surface area contributed by atoms with E-state index in [1.165, 1.54) is 6.08 Å². The molecule has 0 aliphatic heterocycles. The first-order chi connectivity index (χ1) is 7.76. The number of hydrogen-bond acceptors (Lipinski definition) is 2. The fraction of sp³-hybridized carbons (Fsp3) is 0.154. The molecule has 3 N–H and O–H groups in total. The van der Waals surface area contributed by atoms with Crippen LogP contribution in [0.2, 0.25) is 0 Å². The second kappa shape index (κ2) is 6.44. The summed E-state index contributed by atoms with van der Waals surface area (Å²) in [4.78, 5) is 11.2. The van der Waals surface area contributed by atoms with Crippen molar-refractivity contribution in [3.05, 3.63) is 41.5 Å². The van der Waals surface area contributed by atoms with E-state index >= 15 is 0 Å². The first-order valence-corrected chi connectivity index (χ1v) is 4.99. The van der Waals surface area contributed by atoms with Gasteiger partial charge in [-0.15, -0.1) is 6.42 Å². The Balaban J connectivity index is 2.56. The maximum Gasteiger partial charge on any atom is 0.244 e. The molecule has 3 heteroatoms. The number of benzene rings is 1. The Morgan fingerprint density at radius 1 is 1.44 bits per heavy atom. The molecule has 3 nitrogen and oxygen atoms in total. The highest BCUT2D eigenvalue weighted by molar-refractivity contribution is 5.91. The molecule has 0 aliphatic rings. The summed E-state index contributed by atoms with van der Waals surface area (Å²) in [6.07, 6.45) is 8.43. The normalized spacial score (nSPS) is 10.0. The molecule has 1 rings (SSSR count). The second-order valence-electron chi connectivity index (χ2n) is 3.18. The summed E-state index contributed by atoms with van der Waals surface area (Å²) < 4.78 is 0. The van der Waals surface area contributed by atoms with Gasteiger partial charge < -0.3 is 11.1 Å². The highest BCUT2D eigenvalue weighted by atomic mass is 16.1. The molecule has 0 aliphatic carbocycles. The summed E-state index contributed by atoms with van der Waals surface area (Å²) in [5.74, 6) is 2.38. The highest BCUT2D eigenvalue weighted by Crippen LogP contribution is 2.04. The Kier molecular flexibility index (Phi) is 4.84. The Morgan fingerprint density at radius 3 is 2.69 bits per heavy atom. The zero-order valence-corrected chi connectivity index (χ0v) is 8.94. The van der Waals surface area contributed by atoms with Gasteiger partial charge in [0.15, 0.2) is 0 Å². The zero-order chi connectivity index (χ0) is 11.8. The van der Waals surface area contributed by atoms with Crippen LogP contribution in [0.25, 0.3) is 6.08 Å². The topological polar surface area (TPSA) is 55.1 Å². The van der Waals surface area contributed by atoms with Crippen molar-refractivity contribution in [1.29, 1.82) is 0 Å². The number of terminal acetylenes is 1. The van der Waals surface area contributed by atoms with Crippen molar-refractivity contribution in [2.24, 2.45) is 5.73 Å². The molecule has 0 atom stereocenters. The first kappa shape index (κ1) is 12.0. The van der Waals surface area contributed by atoms with E-state index in [0.717, 1.165) is 11.1 Å². The zero-order valence-electron chi connectivity index (χ0n) is 8.94. The molecule has 0 aromatic heterocycles. The lowest BCUT2D eigenvalue weighted by Crippen LogP contribution is -2.27. The number of nitrogens with one attached hydrogen (secondary N) is 1. The molecule has 0 saturated heterocycles. The van der Waals surface area contributed by atoms with Crippen LogP contribution < -0.4 is 11.1 Å². The molecule has 82 valence electrons. The van der Waals surface area contributed by atoms with Gasteiger partial charge in [0.1, 0.15) is 0 Å². The lowest BCUT2D eigenvalue weighted by molar-refractivity contribution is -0.116. The molecule has 0 unspecified atom stereocenters. The fourth-order valence-corrected chi connectivity index (χ4v) is 1.12. The molecule has 0 heterocycles. The number of rotatable bonds is 4. The van der Waals surface area contributed by atoms with E-state index < -0.39 is 0 Å². The van der Waals surface area contributed by atoms with Crippen molar-refractivity contribution < 1.29 is 4.79 Å². The molecule has 0 spiro atoms. The first-order valence-electron chi connectivity index (χ1n) is 4.99. The Hall–Kier alpha value is -2.05. The number of amides is 1. The van der Waals surface area contributed by atoms with Crippen molar-refractivity contribution in [1.82, 2.24) is 5.32 Å². The van der Waals surface area contributed by atoms with E-state index in [2.05, 4.69) is 11.2 Å². The number of carbonyl (C=O) groups is 1. The monoisotopic (exact) mass is 214 g/mol. The third kappa shape index (κ3) is 3.99. The molecule has 0 fully saturated rings. The average molecular weight is 214 g/mol. The number of hydrogen-bond donors (Lipinski definition) is 2. The summed E-state index contributed by atoms with van der Waals surface area (Å²) in [5, 5.41) is 2.64. The van der Waals surface area contributed by atoms with Gasteiger partial charge in [0, 0.05) is 24.7 Å². The molecule has 1 aromatic rings. The van der Waals surface area contributed by atoms with Crippen LogP contribution in [0.5, 0.6) is 0 Å². The Morgan fingerprint density at radius 2 is 2.12 bits per heavy atom. The summed E-state index contributed by atoms with van der Waals surface area (Å²) in [7, 11) is 0. The SMILES string of the molecule is C#Cc1ccc(C=CC(=O)NCCN)cc1. The van der Waals surface area contributed by atoms with Crippen LogP contribution in [0.3, 0.4) is 0 Å². The van der Waals surface area contributed by atoms with Crippen molar-refractivity contribution in [2.75, 3.05) is 13.1 Å². The van der Waals surface area contributed by atoms with Gasteiger partial charge in [-0.3, -0.25) is 4.79 Å². The van der Waals surface area contributed by atoms with Crippen LogP contribution in [0.4, 0.5) is 0 Å². The van der Waals surface area contributed by atoms with Gasteiger partial charge in [-0.1, -0.05) is 18.1 Å². The molecule has 0 radical (unpaired) electrons. The van der Waals surface area contributed by atoms with Gasteiger partial charge in [-0.25, -0.2) is 0 Å². The smallest absolute Gasteiger partial charge is 0.244 e. The number of nitrogens with two attached hydrogens (primary N) is 1. The van der Waals surface area contributed by atoms with Gasteiger partial charge >= 0.3 is 0 Å². The molecule has 1 amide bonds.